The smallest absolute Gasteiger partial charge is 0.338 e. The van der Waals surface area contributed by atoms with E-state index in [2.05, 4.69) is 4.99 Å². The molecule has 2 rings (SSSR count). The molecule has 0 aromatic heterocycles. The third kappa shape index (κ3) is 5.94. The summed E-state index contributed by atoms with van der Waals surface area (Å²) in [6.45, 7) is 2.91. The zero-order valence-corrected chi connectivity index (χ0v) is 13.3. The molecule has 0 N–H and O–H groups in total. The molecule has 2 aromatic carbocycles. The lowest BCUT2D eigenvalue weighted by Crippen LogP contribution is -2.06. The molecule has 0 spiro atoms. The van der Waals surface area contributed by atoms with E-state index in [0.717, 1.165) is 24.3 Å². The van der Waals surface area contributed by atoms with Crippen molar-refractivity contribution < 1.29 is 14.3 Å². The first-order chi connectivity index (χ1) is 11.3. The van der Waals surface area contributed by atoms with Crippen molar-refractivity contribution in [3.63, 3.8) is 0 Å². The number of esters is 1. The van der Waals surface area contributed by atoms with Crippen LogP contribution in [0, 0.1) is 0 Å². The first kappa shape index (κ1) is 16.7. The number of carbonyl (C=O) groups excluding carboxylic acids is 1. The molecular weight excluding hydrogens is 290 g/mol. The number of aliphatic imine (C=N–C) groups is 1. The fourth-order valence-electron chi connectivity index (χ4n) is 1.96. The third-order valence-electron chi connectivity index (χ3n) is 3.11. The van der Waals surface area contributed by atoms with Gasteiger partial charge in [0.15, 0.2) is 0 Å². The second-order valence-electron chi connectivity index (χ2n) is 4.88. The summed E-state index contributed by atoms with van der Waals surface area (Å²) in [5.41, 5.74) is 1.46. The third-order valence-corrected chi connectivity index (χ3v) is 3.11. The van der Waals surface area contributed by atoms with Crippen LogP contribution in [-0.4, -0.2) is 25.4 Å². The van der Waals surface area contributed by atoms with Gasteiger partial charge in [-0.15, -0.1) is 0 Å². The van der Waals surface area contributed by atoms with Gasteiger partial charge in [0.05, 0.1) is 24.5 Å². The summed E-state index contributed by atoms with van der Waals surface area (Å²) >= 11 is 0. The predicted molar refractivity (Wildman–Crippen MR) is 91.7 cm³/mol. The first-order valence-electron chi connectivity index (χ1n) is 7.77. The molecule has 0 fully saturated rings. The fraction of sp³-hybridized carbons (Fsp3) is 0.263. The van der Waals surface area contributed by atoms with Crippen LogP contribution in [-0.2, 0) is 4.74 Å². The minimum absolute atomic E-state index is 0.312. The molecule has 0 atom stereocenters. The number of rotatable bonds is 8. The van der Waals surface area contributed by atoms with Gasteiger partial charge in [0.2, 0.25) is 0 Å². The van der Waals surface area contributed by atoms with Crippen LogP contribution < -0.4 is 4.74 Å². The predicted octanol–water partition coefficient (Wildman–Crippen LogP) is 4.42. The van der Waals surface area contributed by atoms with Crippen LogP contribution in [0.4, 0.5) is 5.69 Å². The monoisotopic (exact) mass is 311 g/mol. The van der Waals surface area contributed by atoms with Gasteiger partial charge in [-0.25, -0.2) is 4.79 Å². The number of para-hydroxylation sites is 1. The highest BCUT2D eigenvalue weighted by atomic mass is 16.5. The fourth-order valence-corrected chi connectivity index (χ4v) is 1.96. The number of ether oxygens (including phenoxy) is 2. The summed E-state index contributed by atoms with van der Waals surface area (Å²) in [5.74, 6) is 0.439. The first-order valence-corrected chi connectivity index (χ1v) is 7.77. The Morgan fingerprint density at radius 3 is 2.52 bits per heavy atom. The molecule has 0 amide bonds. The van der Waals surface area contributed by atoms with Gasteiger partial charge in [0.1, 0.15) is 5.75 Å². The second kappa shape index (κ2) is 9.41. The van der Waals surface area contributed by atoms with Crippen LogP contribution >= 0.6 is 0 Å². The van der Waals surface area contributed by atoms with Crippen molar-refractivity contribution in [3.05, 3.63) is 60.2 Å². The van der Waals surface area contributed by atoms with Crippen molar-refractivity contribution in [1.29, 1.82) is 0 Å². The maximum absolute atomic E-state index is 11.9. The van der Waals surface area contributed by atoms with E-state index in [-0.39, 0.29) is 5.97 Å². The molecule has 23 heavy (non-hydrogen) atoms. The van der Waals surface area contributed by atoms with Gasteiger partial charge in [-0.1, -0.05) is 18.2 Å². The molecule has 4 nitrogen and oxygen atoms in total. The minimum Gasteiger partial charge on any atom is -0.494 e. The lowest BCUT2D eigenvalue weighted by Gasteiger charge is -2.05. The van der Waals surface area contributed by atoms with Gasteiger partial charge in [-0.3, -0.25) is 4.99 Å². The Kier molecular flexibility index (Phi) is 6.85. The number of hydrogen-bond donors (Lipinski definition) is 0. The van der Waals surface area contributed by atoms with Gasteiger partial charge < -0.3 is 9.47 Å². The number of nitrogens with zero attached hydrogens (tertiary/aromatic N) is 1. The van der Waals surface area contributed by atoms with E-state index in [4.69, 9.17) is 9.47 Å². The van der Waals surface area contributed by atoms with Gasteiger partial charge in [0, 0.05) is 6.21 Å². The molecule has 0 heterocycles. The van der Waals surface area contributed by atoms with Gasteiger partial charge >= 0.3 is 5.97 Å². The molecule has 0 aliphatic carbocycles. The van der Waals surface area contributed by atoms with Gasteiger partial charge in [-0.05, 0) is 56.2 Å². The lowest BCUT2D eigenvalue weighted by molar-refractivity contribution is 0.0502. The summed E-state index contributed by atoms with van der Waals surface area (Å²) in [6, 6.07) is 16.7. The average Bonchev–Trinajstić information content (AvgIpc) is 2.59. The molecule has 0 aliphatic heterocycles. The molecule has 0 radical (unpaired) electrons. The van der Waals surface area contributed by atoms with E-state index >= 15 is 0 Å². The molecular formula is C19H21NO3. The van der Waals surface area contributed by atoms with E-state index in [1.165, 1.54) is 0 Å². The summed E-state index contributed by atoms with van der Waals surface area (Å²) in [7, 11) is 0. The SMILES string of the molecule is CCOc1ccc(C(=O)OCCCC=Nc2ccccc2)cc1. The Bertz CT molecular complexity index is 621. The molecule has 0 saturated carbocycles. The minimum atomic E-state index is -0.312. The van der Waals surface area contributed by atoms with E-state index in [9.17, 15) is 4.79 Å². The Labute approximate surface area is 136 Å². The van der Waals surface area contributed by atoms with Crippen LogP contribution in [0.25, 0.3) is 0 Å². The van der Waals surface area contributed by atoms with E-state index in [0.29, 0.717) is 18.8 Å². The lowest BCUT2D eigenvalue weighted by atomic mass is 10.2. The van der Waals surface area contributed by atoms with Crippen molar-refractivity contribution in [2.24, 2.45) is 4.99 Å². The zero-order valence-electron chi connectivity index (χ0n) is 13.3. The van der Waals surface area contributed by atoms with Crippen LogP contribution in [0.5, 0.6) is 5.75 Å². The normalized spacial score (nSPS) is 10.7. The number of benzene rings is 2. The van der Waals surface area contributed by atoms with Crippen molar-refractivity contribution in [3.8, 4) is 5.75 Å². The zero-order chi connectivity index (χ0) is 16.3. The summed E-state index contributed by atoms with van der Waals surface area (Å²) in [4.78, 5) is 16.2. The summed E-state index contributed by atoms with van der Waals surface area (Å²) in [5, 5.41) is 0. The Hall–Kier alpha value is -2.62. The van der Waals surface area contributed by atoms with Crippen LogP contribution in [0.2, 0.25) is 0 Å². The second-order valence-corrected chi connectivity index (χ2v) is 4.88. The number of hydrogen-bond acceptors (Lipinski definition) is 4. The van der Waals surface area contributed by atoms with Crippen LogP contribution in [0.3, 0.4) is 0 Å². The molecule has 120 valence electrons. The van der Waals surface area contributed by atoms with Gasteiger partial charge in [0.25, 0.3) is 0 Å². The van der Waals surface area contributed by atoms with E-state index in [1.54, 1.807) is 24.3 Å². The molecule has 0 unspecified atom stereocenters. The van der Waals surface area contributed by atoms with E-state index < -0.39 is 0 Å². The van der Waals surface area contributed by atoms with Crippen LogP contribution in [0.1, 0.15) is 30.1 Å². The number of carbonyl (C=O) groups is 1. The Morgan fingerprint density at radius 2 is 1.83 bits per heavy atom. The molecule has 0 bridgehead atoms. The largest absolute Gasteiger partial charge is 0.494 e. The van der Waals surface area contributed by atoms with Crippen molar-refractivity contribution >= 4 is 17.9 Å². The summed E-state index contributed by atoms with van der Waals surface area (Å²) in [6.07, 6.45) is 3.37. The quantitative estimate of drug-likeness (QED) is 0.412. The Morgan fingerprint density at radius 1 is 1.09 bits per heavy atom. The van der Waals surface area contributed by atoms with Crippen molar-refractivity contribution in [2.75, 3.05) is 13.2 Å². The number of unbranched alkanes of at least 4 members (excludes halogenated alkanes) is 1. The van der Waals surface area contributed by atoms with Crippen molar-refractivity contribution in [2.45, 2.75) is 19.8 Å². The van der Waals surface area contributed by atoms with Crippen molar-refractivity contribution in [1.82, 2.24) is 0 Å². The topological polar surface area (TPSA) is 47.9 Å². The van der Waals surface area contributed by atoms with Crippen LogP contribution in [0.15, 0.2) is 59.6 Å². The molecule has 0 saturated heterocycles. The van der Waals surface area contributed by atoms with Gasteiger partial charge in [-0.2, -0.15) is 0 Å². The average molecular weight is 311 g/mol. The highest BCUT2D eigenvalue weighted by Gasteiger charge is 2.06. The Balaban J connectivity index is 1.67. The molecule has 2 aromatic rings. The maximum Gasteiger partial charge on any atom is 0.338 e. The highest BCUT2D eigenvalue weighted by Crippen LogP contribution is 2.13. The highest BCUT2D eigenvalue weighted by molar-refractivity contribution is 5.89. The molecule has 4 heteroatoms. The summed E-state index contributed by atoms with van der Waals surface area (Å²) < 4.78 is 10.6. The standard InChI is InChI=1S/C19H21NO3/c1-2-22-18-12-10-16(11-13-18)19(21)23-15-7-6-14-20-17-8-4-3-5-9-17/h3-5,8-14H,2,6-7,15H2,1H3. The molecule has 0 aliphatic rings. The maximum atomic E-state index is 11.9. The van der Waals surface area contributed by atoms with E-state index in [1.807, 2.05) is 43.5 Å².